The average molecular weight is 389 g/mol. The Kier molecular flexibility index (Phi) is 4.06. The predicted molar refractivity (Wildman–Crippen MR) is 96.4 cm³/mol. The molecule has 1 aromatic carbocycles. The Morgan fingerprint density at radius 1 is 1.32 bits per heavy atom. The van der Waals surface area contributed by atoms with Crippen LogP contribution >= 0.6 is 0 Å². The number of benzene rings is 1. The minimum atomic E-state index is -1.13. The number of nitrogens with zero attached hydrogens (tertiary/aromatic N) is 2. The maximum absolute atomic E-state index is 14.3. The molecule has 1 amide bonds. The second-order valence-corrected chi connectivity index (χ2v) is 8.64. The Hall–Kier alpha value is -2.77. The van der Waals surface area contributed by atoms with Crippen molar-refractivity contribution >= 4 is 11.9 Å². The smallest absolute Gasteiger partial charge is 0.326 e. The lowest BCUT2D eigenvalue weighted by molar-refractivity contribution is -0.142. The molecule has 0 radical (unpaired) electrons. The first-order chi connectivity index (χ1) is 13.1. The maximum Gasteiger partial charge on any atom is 0.326 e. The Morgan fingerprint density at radius 3 is 2.64 bits per heavy atom. The van der Waals surface area contributed by atoms with Crippen molar-refractivity contribution in [2.45, 2.75) is 45.6 Å². The minimum Gasteiger partial charge on any atom is -0.480 e. The van der Waals surface area contributed by atoms with E-state index in [0.717, 1.165) is 29.8 Å². The van der Waals surface area contributed by atoms with Gasteiger partial charge in [-0.15, -0.1) is 0 Å². The molecule has 2 aliphatic carbocycles. The van der Waals surface area contributed by atoms with Crippen LogP contribution in [0.1, 0.15) is 54.9 Å². The molecule has 1 heterocycles. The predicted octanol–water partition coefficient (Wildman–Crippen LogP) is 3.04. The van der Waals surface area contributed by atoms with Gasteiger partial charge in [-0.3, -0.25) is 4.79 Å². The third-order valence-corrected chi connectivity index (χ3v) is 5.50. The number of aromatic nitrogens is 2. The third-order valence-electron chi connectivity index (χ3n) is 5.50. The van der Waals surface area contributed by atoms with Crippen molar-refractivity contribution in [1.29, 1.82) is 0 Å². The summed E-state index contributed by atoms with van der Waals surface area (Å²) >= 11 is 0. The van der Waals surface area contributed by atoms with Crippen LogP contribution in [0.25, 0.3) is 5.69 Å². The fraction of sp³-hybridized carbons (Fsp3) is 0.450. The number of carboxylic acids is 1. The van der Waals surface area contributed by atoms with Crippen molar-refractivity contribution in [3.63, 3.8) is 0 Å². The summed E-state index contributed by atoms with van der Waals surface area (Å²) in [5.41, 5.74) is 0.985. The molecule has 3 atom stereocenters. The molecule has 0 spiro atoms. The lowest BCUT2D eigenvalue weighted by atomic mass is 9.86. The molecular weight excluding hydrogens is 368 g/mol. The lowest BCUT2D eigenvalue weighted by Crippen LogP contribution is -2.49. The normalized spacial score (nSPS) is 21.0. The first-order valence-electron chi connectivity index (χ1n) is 9.19. The molecule has 1 aromatic heterocycles. The van der Waals surface area contributed by atoms with E-state index in [0.29, 0.717) is 12.3 Å². The summed E-state index contributed by atoms with van der Waals surface area (Å²) in [5.74, 6) is -2.59. The molecule has 2 aromatic rings. The number of carbonyl (C=O) groups excluding carboxylic acids is 1. The first-order valence-corrected chi connectivity index (χ1v) is 9.19. The lowest BCUT2D eigenvalue weighted by Gasteiger charge is -2.27. The molecule has 0 saturated heterocycles. The van der Waals surface area contributed by atoms with Gasteiger partial charge in [0.15, 0.2) is 11.5 Å². The van der Waals surface area contributed by atoms with E-state index in [9.17, 15) is 23.5 Å². The zero-order chi connectivity index (χ0) is 20.4. The van der Waals surface area contributed by atoms with Crippen LogP contribution in [-0.2, 0) is 11.2 Å². The molecule has 4 rings (SSSR count). The van der Waals surface area contributed by atoms with Gasteiger partial charge in [-0.05, 0) is 36.3 Å². The quantitative estimate of drug-likeness (QED) is 0.842. The molecule has 2 N–H and O–H groups in total. The molecular formula is C20H21F2N3O3. The van der Waals surface area contributed by atoms with E-state index in [-0.39, 0.29) is 17.3 Å². The highest BCUT2D eigenvalue weighted by molar-refractivity contribution is 5.97. The first kappa shape index (κ1) is 18.6. The zero-order valence-electron chi connectivity index (χ0n) is 15.8. The Labute approximate surface area is 160 Å². The van der Waals surface area contributed by atoms with E-state index in [1.807, 2.05) is 0 Å². The number of halogens is 2. The van der Waals surface area contributed by atoms with Crippen molar-refractivity contribution in [2.24, 2.45) is 11.3 Å². The minimum absolute atomic E-state index is 0.0786. The fourth-order valence-electron chi connectivity index (χ4n) is 3.98. The van der Waals surface area contributed by atoms with Gasteiger partial charge >= 0.3 is 5.97 Å². The summed E-state index contributed by atoms with van der Waals surface area (Å²) in [5, 5.41) is 16.3. The molecule has 1 saturated carbocycles. The van der Waals surface area contributed by atoms with Crippen molar-refractivity contribution in [2.75, 3.05) is 0 Å². The largest absolute Gasteiger partial charge is 0.480 e. The summed E-state index contributed by atoms with van der Waals surface area (Å²) in [6.07, 6.45) is 1.60. The van der Waals surface area contributed by atoms with E-state index in [2.05, 4.69) is 10.4 Å². The van der Waals surface area contributed by atoms with Crippen molar-refractivity contribution in [3.05, 3.63) is 46.8 Å². The van der Waals surface area contributed by atoms with Gasteiger partial charge in [-0.25, -0.2) is 18.3 Å². The summed E-state index contributed by atoms with van der Waals surface area (Å²) in [4.78, 5) is 24.5. The third kappa shape index (κ3) is 2.96. The van der Waals surface area contributed by atoms with Crippen LogP contribution in [-0.4, -0.2) is 32.8 Å². The fourth-order valence-corrected chi connectivity index (χ4v) is 3.98. The van der Waals surface area contributed by atoms with E-state index in [1.54, 1.807) is 20.8 Å². The second kappa shape index (κ2) is 6.12. The number of hydrogen-bond acceptors (Lipinski definition) is 3. The standard InChI is InChI=1S/C20H21F2N3O3/c1-20(2,3)17(19(27)28)23-18(26)15-12-7-9-6-11(9)16(12)25(24-15)14-5-4-10(21)8-13(14)22/h4-5,8-9,11,17H,6-7H2,1-3H3,(H,23,26)(H,27,28)/t9-,11-,17-/m1/s1. The number of carboxylic acid groups (broad SMARTS) is 1. The van der Waals surface area contributed by atoms with Crippen LogP contribution in [0.2, 0.25) is 0 Å². The highest BCUT2D eigenvalue weighted by atomic mass is 19.1. The van der Waals surface area contributed by atoms with Crippen molar-refractivity contribution < 1.29 is 23.5 Å². The summed E-state index contributed by atoms with van der Waals surface area (Å²) in [6.45, 7) is 5.16. The second-order valence-electron chi connectivity index (χ2n) is 8.64. The highest BCUT2D eigenvalue weighted by Gasteiger charge is 2.50. The number of aliphatic carboxylic acids is 1. The number of hydrogen-bond donors (Lipinski definition) is 2. The molecule has 0 bridgehead atoms. The van der Waals surface area contributed by atoms with Gasteiger partial charge in [0.2, 0.25) is 0 Å². The van der Waals surface area contributed by atoms with Crippen LogP contribution in [0, 0.1) is 23.0 Å². The van der Waals surface area contributed by atoms with Crippen molar-refractivity contribution in [1.82, 2.24) is 15.1 Å². The van der Waals surface area contributed by atoms with Crippen LogP contribution in [0.5, 0.6) is 0 Å². The monoisotopic (exact) mass is 389 g/mol. The van der Waals surface area contributed by atoms with Gasteiger partial charge in [0, 0.05) is 17.5 Å². The van der Waals surface area contributed by atoms with Crippen LogP contribution in [0.3, 0.4) is 0 Å². The number of amides is 1. The number of carbonyl (C=O) groups is 2. The van der Waals surface area contributed by atoms with Crippen molar-refractivity contribution in [3.8, 4) is 5.69 Å². The Morgan fingerprint density at radius 2 is 2.04 bits per heavy atom. The van der Waals surface area contributed by atoms with Gasteiger partial charge in [-0.2, -0.15) is 5.10 Å². The number of nitrogens with one attached hydrogen (secondary N) is 1. The molecule has 6 nitrogen and oxygen atoms in total. The van der Waals surface area contributed by atoms with Crippen LogP contribution in [0.4, 0.5) is 8.78 Å². The van der Waals surface area contributed by atoms with Gasteiger partial charge in [0.25, 0.3) is 5.91 Å². The summed E-state index contributed by atoms with van der Waals surface area (Å²) < 4.78 is 29.0. The molecule has 0 aliphatic heterocycles. The van der Waals surface area contributed by atoms with E-state index in [1.165, 1.54) is 10.7 Å². The number of rotatable bonds is 4. The van der Waals surface area contributed by atoms with Crippen LogP contribution in [0.15, 0.2) is 18.2 Å². The topological polar surface area (TPSA) is 84.2 Å². The average Bonchev–Trinajstić information content (AvgIpc) is 3.08. The van der Waals surface area contributed by atoms with E-state index in [4.69, 9.17) is 0 Å². The zero-order valence-corrected chi connectivity index (χ0v) is 15.8. The Balaban J connectivity index is 1.74. The SMILES string of the molecule is CC(C)(C)[C@H](NC(=O)c1nn(-c2ccc(F)cc2F)c2c1C[C@H]1C[C@@H]21)C(=O)O. The highest BCUT2D eigenvalue weighted by Crippen LogP contribution is 2.57. The van der Waals surface area contributed by atoms with E-state index >= 15 is 0 Å². The molecule has 0 unspecified atom stereocenters. The van der Waals surface area contributed by atoms with Gasteiger partial charge in [-0.1, -0.05) is 20.8 Å². The molecule has 28 heavy (non-hydrogen) atoms. The molecule has 148 valence electrons. The van der Waals surface area contributed by atoms with Gasteiger partial charge < -0.3 is 10.4 Å². The Bertz CT molecular complexity index is 993. The maximum atomic E-state index is 14.3. The summed E-state index contributed by atoms with van der Waals surface area (Å²) in [6, 6.07) is 2.12. The molecule has 2 aliphatic rings. The molecule has 8 heteroatoms. The van der Waals surface area contributed by atoms with Gasteiger partial charge in [0.1, 0.15) is 17.5 Å². The summed E-state index contributed by atoms with van der Waals surface area (Å²) in [7, 11) is 0. The van der Waals surface area contributed by atoms with Gasteiger partial charge in [0.05, 0.1) is 5.69 Å². The van der Waals surface area contributed by atoms with E-state index < -0.39 is 35.0 Å². The van der Waals surface area contributed by atoms with Crippen LogP contribution < -0.4 is 5.32 Å². The molecule has 1 fully saturated rings. The number of fused-ring (bicyclic) bond motifs is 3.